The Morgan fingerprint density at radius 2 is 0.309 bits per heavy atom. The molecule has 0 fully saturated rings. The number of ether oxygens (including phenoxy) is 6. The van der Waals surface area contributed by atoms with Gasteiger partial charge in [0.05, 0.1) is 15.9 Å². The molecule has 44 rings (SSSR count). The van der Waals surface area contributed by atoms with Gasteiger partial charge in [-0.1, -0.05) is 265 Å². The van der Waals surface area contributed by atoms with Gasteiger partial charge in [0.25, 0.3) is 0 Å². The second kappa shape index (κ2) is 30.2. The summed E-state index contributed by atoms with van der Waals surface area (Å²) in [7, 11) is 5.30. The first-order valence-electron chi connectivity index (χ1n) is 38.6. The van der Waals surface area contributed by atoms with E-state index in [9.17, 15) is 0 Å². The molecule has 6 nitrogen and oxygen atoms in total. The molecule has 31 aliphatic heterocycles. The van der Waals surface area contributed by atoms with Crippen molar-refractivity contribution in [2.24, 2.45) is 0 Å². The second-order valence-electron chi connectivity index (χ2n) is 33.2. The van der Waals surface area contributed by atoms with Gasteiger partial charge >= 0.3 is 0 Å². The molecule has 0 aromatic heterocycles. The summed E-state index contributed by atoms with van der Waals surface area (Å²) >= 11 is 0. The smallest absolute Gasteiger partial charge is 0.119 e. The van der Waals surface area contributed by atoms with Gasteiger partial charge in [-0.15, -0.1) is 0 Å². The minimum atomic E-state index is -2.69. The molecular formula is C102H99BO6P. The third-order valence-electron chi connectivity index (χ3n) is 24.0. The lowest BCUT2D eigenvalue weighted by molar-refractivity contribution is 0.293. The first-order valence-corrected chi connectivity index (χ1v) is 40.5. The average Bonchev–Trinajstić information content (AvgIpc) is 0.811. The van der Waals surface area contributed by atoms with E-state index in [2.05, 4.69) is 392 Å². The quantitative estimate of drug-likeness (QED) is 0.111. The molecule has 0 amide bonds. The summed E-state index contributed by atoms with van der Waals surface area (Å²) < 4.78 is 39.5. The van der Waals surface area contributed by atoms with Gasteiger partial charge in [0, 0.05) is 32.5 Å². The molecule has 0 atom stereocenters. The van der Waals surface area contributed by atoms with Gasteiger partial charge in [0.1, 0.15) is 74.1 Å². The van der Waals surface area contributed by atoms with Crippen molar-refractivity contribution in [2.75, 3.05) is 0 Å². The van der Waals surface area contributed by atoms with Crippen LogP contribution in [0.1, 0.15) is 183 Å². The predicted molar refractivity (Wildman–Crippen MR) is 454 cm³/mol. The average molecular weight is 1460 g/mol. The topological polar surface area (TPSA) is 55.4 Å². The van der Waals surface area contributed by atoms with Crippen molar-refractivity contribution in [1.82, 2.24) is 0 Å². The van der Waals surface area contributed by atoms with Crippen molar-refractivity contribution >= 4 is 30.6 Å². The highest BCUT2D eigenvalue weighted by Gasteiger charge is 2.33. The molecule has 3 radical (unpaired) electrons. The molecule has 13 aromatic carbocycles. The lowest BCUT2D eigenvalue weighted by Crippen LogP contribution is -2.31. The van der Waals surface area contributed by atoms with E-state index in [0.29, 0.717) is 39.6 Å². The van der Waals surface area contributed by atoms with Gasteiger partial charge < -0.3 is 28.4 Å². The van der Waals surface area contributed by atoms with Crippen LogP contribution in [0.5, 0.6) is 34.5 Å². The molecule has 31 heterocycles. The van der Waals surface area contributed by atoms with E-state index in [1.165, 1.54) is 66.8 Å². The fraction of sp³-hybridized carbons (Fsp3) is 0.235. The summed E-state index contributed by atoms with van der Waals surface area (Å²) in [5.41, 5.74) is 19.2. The van der Waals surface area contributed by atoms with E-state index in [1.807, 2.05) is 0 Å². The molecular weight excluding hydrogens is 1360 g/mol. The Morgan fingerprint density at radius 1 is 0.182 bits per heavy atom. The highest BCUT2D eigenvalue weighted by atomic mass is 31.2. The predicted octanol–water partition coefficient (Wildman–Crippen LogP) is 23.1. The lowest BCUT2D eigenvalue weighted by atomic mass is 9.74. The Hall–Kier alpha value is -10.8. The maximum absolute atomic E-state index is 7.99. The van der Waals surface area contributed by atoms with Crippen LogP contribution in [-0.4, -0.2) is 7.57 Å². The zero-order chi connectivity index (χ0) is 76.6. The van der Waals surface area contributed by atoms with Crippen LogP contribution < -0.4 is 44.3 Å². The standard InChI is InChI=1S/C102H99BO6P/c1-97(2)76-19-25-79(26-20-76)100(7,8)85-37-49-91(50-38-85)107-67-73-61-74-63-75(62-73)69-109-93-53-41-87(42-54-93)102(11,12)81-29-23-78(24-30-81)99(5,6)84-35-47-90(48-36-84)106-66-72-17-59-96(60-18-72)110(103,94-55-13-70(14-56-94)64-104-88-43-31-82(97)32-44-88)95-57-15-71(16-58-95)65-105-89-45-33-83(34-46-89)98(3,4)77-21-27-80(28-22-77)101(9,10)86-39-51-92(52-40-86)108-68-74/h13-63H,64-69H2,1-12H3. The van der Waals surface area contributed by atoms with Gasteiger partial charge in [-0.05, 0) is 228 Å². The molecule has 0 spiro atoms. The Labute approximate surface area is 654 Å². The summed E-state index contributed by atoms with van der Waals surface area (Å²) in [5, 5.41) is 3.19. The van der Waals surface area contributed by atoms with Crippen LogP contribution in [0.15, 0.2) is 309 Å². The van der Waals surface area contributed by atoms with Gasteiger partial charge in [-0.2, -0.15) is 7.14 Å². The van der Waals surface area contributed by atoms with Crippen molar-refractivity contribution in [3.05, 3.63) is 410 Å². The third-order valence-corrected chi connectivity index (χ3v) is 27.4. The minimum Gasteiger partial charge on any atom is -0.489 e. The van der Waals surface area contributed by atoms with Crippen molar-refractivity contribution in [3.8, 4) is 34.5 Å². The van der Waals surface area contributed by atoms with Crippen LogP contribution in [0.2, 0.25) is 0 Å². The molecule has 0 N–H and O–H groups in total. The minimum absolute atomic E-state index is 0.267. The molecule has 551 valence electrons. The van der Waals surface area contributed by atoms with E-state index in [-0.39, 0.29) is 32.5 Å². The fourth-order valence-electron chi connectivity index (χ4n) is 15.7. The molecule has 110 heavy (non-hydrogen) atoms. The first-order chi connectivity index (χ1) is 52.8. The van der Waals surface area contributed by atoms with E-state index in [4.69, 9.17) is 36.0 Å². The van der Waals surface area contributed by atoms with E-state index in [1.54, 1.807) is 0 Å². The zero-order valence-electron chi connectivity index (χ0n) is 65.7. The second-order valence-corrected chi connectivity index (χ2v) is 36.2. The zero-order valence-corrected chi connectivity index (χ0v) is 66.6. The number of rotatable bonds is 0. The van der Waals surface area contributed by atoms with Crippen molar-refractivity contribution in [1.29, 1.82) is 0 Å². The molecule has 31 aliphatic rings. The van der Waals surface area contributed by atoms with Crippen LogP contribution in [0, 0.1) is 0 Å². The molecule has 28 bridgehead atoms. The Kier molecular flexibility index (Phi) is 20.5. The SMILES string of the molecule is [B-][P+]12c3ccc(cc3)COc3ccc(cc3)C(C)(C)c3ccc(cc3)C(C)(C)c3ccc(cc3)OCc3cc(cc(c3)COc3ccc(cc3)C(C)(C)c3ccc(cc3)C(C)(C)c3ccc(cc3)OCc3ccc1cc3)COc1ccc(cc1)C(C)(C)c1ccc(cc1)C(C)(C)c1ccc(cc1)OCc1ccc2cc1. The highest BCUT2D eigenvalue weighted by molar-refractivity contribution is 8.13. The van der Waals surface area contributed by atoms with Crippen molar-refractivity contribution in [3.63, 3.8) is 0 Å². The molecule has 13 aromatic rings. The lowest BCUT2D eigenvalue weighted by Gasteiger charge is -2.37. The summed E-state index contributed by atoms with van der Waals surface area (Å²) in [6.45, 7) is 29.8. The van der Waals surface area contributed by atoms with Gasteiger partial charge in [0.2, 0.25) is 0 Å². The van der Waals surface area contributed by atoms with Gasteiger partial charge in [-0.25, -0.2) is 0 Å². The van der Waals surface area contributed by atoms with Crippen LogP contribution in [0.4, 0.5) is 0 Å². The third kappa shape index (κ3) is 15.4. The van der Waals surface area contributed by atoms with Gasteiger partial charge in [0.15, 0.2) is 0 Å². The normalized spacial score (nSPS) is 16.8. The van der Waals surface area contributed by atoms with E-state index in [0.717, 1.165) is 83.8 Å². The first kappa shape index (κ1) is 74.6. The molecule has 0 saturated carbocycles. The van der Waals surface area contributed by atoms with Crippen molar-refractivity contribution < 1.29 is 28.4 Å². The summed E-state index contributed by atoms with van der Waals surface area (Å²) in [6, 6.07) is 112. The van der Waals surface area contributed by atoms with Crippen LogP contribution in [-0.2, 0) is 72.1 Å². The molecule has 0 aliphatic carbocycles. The summed E-state index contributed by atoms with van der Waals surface area (Å²) in [4.78, 5) is 0. The maximum atomic E-state index is 7.99. The Balaban J connectivity index is 0.780. The molecule has 0 unspecified atom stereocenters. The fourth-order valence-corrected chi connectivity index (χ4v) is 18.5. The highest BCUT2D eigenvalue weighted by Crippen LogP contribution is 2.51. The van der Waals surface area contributed by atoms with Crippen LogP contribution in [0.3, 0.4) is 0 Å². The van der Waals surface area contributed by atoms with E-state index >= 15 is 0 Å². The monoisotopic (exact) mass is 1460 g/mol. The number of hydrogen-bond donors (Lipinski definition) is 0. The number of hydrogen-bond acceptors (Lipinski definition) is 6. The Morgan fingerprint density at radius 3 is 0.455 bits per heavy atom. The molecule has 8 heteroatoms. The Bertz CT molecular complexity index is 4770. The summed E-state index contributed by atoms with van der Waals surface area (Å²) in [5.74, 6) is 4.81. The molecule has 0 saturated heterocycles. The van der Waals surface area contributed by atoms with Gasteiger partial charge in [-0.3, -0.25) is 7.57 Å². The largest absolute Gasteiger partial charge is 0.489 e. The van der Waals surface area contributed by atoms with Crippen molar-refractivity contribution in [2.45, 2.75) is 155 Å². The maximum Gasteiger partial charge on any atom is 0.119 e. The summed E-state index contributed by atoms with van der Waals surface area (Å²) in [6.07, 6.45) is 0. The number of benzene rings is 13. The van der Waals surface area contributed by atoms with E-state index < -0.39 is 7.14 Å². The van der Waals surface area contributed by atoms with Crippen LogP contribution in [0.25, 0.3) is 0 Å². The van der Waals surface area contributed by atoms with Crippen LogP contribution >= 0.6 is 7.14 Å².